The Balaban J connectivity index is 1.52. The van der Waals surface area contributed by atoms with Gasteiger partial charge < -0.3 is 4.90 Å². The van der Waals surface area contributed by atoms with Crippen LogP contribution in [0.4, 0.5) is 5.69 Å². The summed E-state index contributed by atoms with van der Waals surface area (Å²) in [5, 5.41) is 0.821. The molecule has 1 fully saturated rings. The van der Waals surface area contributed by atoms with Crippen molar-refractivity contribution in [3.63, 3.8) is 0 Å². The molecule has 0 N–H and O–H groups in total. The minimum Gasteiger partial charge on any atom is -0.314 e. The number of hydrogen-bond donors (Lipinski definition) is 0. The van der Waals surface area contributed by atoms with Crippen LogP contribution in [0.1, 0.15) is 18.5 Å². The molecule has 1 aliphatic rings. The van der Waals surface area contributed by atoms with Crippen molar-refractivity contribution in [1.29, 1.82) is 0 Å². The van der Waals surface area contributed by atoms with E-state index in [1.807, 2.05) is 55.6 Å². The van der Waals surface area contributed by atoms with Gasteiger partial charge in [-0.1, -0.05) is 48.0 Å². The lowest BCUT2D eigenvalue weighted by atomic mass is 10.1. The Labute approximate surface area is 161 Å². The fourth-order valence-electron chi connectivity index (χ4n) is 3.41. The van der Waals surface area contributed by atoms with Crippen molar-refractivity contribution in [3.05, 3.63) is 65.2 Å². The molecule has 2 aromatic carbocycles. The molecule has 1 amide bonds. The second-order valence-electron chi connectivity index (χ2n) is 6.80. The van der Waals surface area contributed by atoms with Crippen molar-refractivity contribution in [2.75, 3.05) is 44.7 Å². The van der Waals surface area contributed by atoms with Gasteiger partial charge in [-0.3, -0.25) is 14.6 Å². The average Bonchev–Trinajstić information content (AvgIpc) is 2.68. The molecule has 5 heteroatoms. The Hall–Kier alpha value is -1.88. The first-order valence-electron chi connectivity index (χ1n) is 9.08. The highest BCUT2D eigenvalue weighted by atomic mass is 35.5. The van der Waals surface area contributed by atoms with Gasteiger partial charge in [0, 0.05) is 50.0 Å². The Morgan fingerprint density at radius 3 is 2.31 bits per heavy atom. The van der Waals surface area contributed by atoms with Crippen LogP contribution in [-0.2, 0) is 4.79 Å². The molecule has 1 saturated heterocycles. The lowest BCUT2D eigenvalue weighted by molar-refractivity contribution is -0.119. The van der Waals surface area contributed by atoms with Crippen LogP contribution in [0.2, 0.25) is 5.02 Å². The molecule has 138 valence electrons. The number of benzene rings is 2. The topological polar surface area (TPSA) is 26.8 Å². The summed E-state index contributed by atoms with van der Waals surface area (Å²) in [4.78, 5) is 18.9. The van der Waals surface area contributed by atoms with E-state index in [0.29, 0.717) is 6.54 Å². The van der Waals surface area contributed by atoms with Gasteiger partial charge in [-0.2, -0.15) is 0 Å². The summed E-state index contributed by atoms with van der Waals surface area (Å²) in [5.74, 6) is 0.129. The number of para-hydroxylation sites is 1. The van der Waals surface area contributed by atoms with Crippen LogP contribution in [0.25, 0.3) is 0 Å². The van der Waals surface area contributed by atoms with Crippen LogP contribution in [0.15, 0.2) is 54.6 Å². The maximum Gasteiger partial charge on any atom is 0.240 e. The van der Waals surface area contributed by atoms with Gasteiger partial charge in [-0.15, -0.1) is 0 Å². The van der Waals surface area contributed by atoms with Gasteiger partial charge in [-0.05, 0) is 30.7 Å². The van der Waals surface area contributed by atoms with Crippen LogP contribution in [-0.4, -0.2) is 55.5 Å². The zero-order valence-corrected chi connectivity index (χ0v) is 16.2. The molecular weight excluding hydrogens is 346 g/mol. The zero-order valence-electron chi connectivity index (χ0n) is 15.4. The molecule has 3 rings (SSSR count). The predicted molar refractivity (Wildman–Crippen MR) is 108 cm³/mol. The molecule has 26 heavy (non-hydrogen) atoms. The maximum absolute atomic E-state index is 12.5. The van der Waals surface area contributed by atoms with Crippen LogP contribution < -0.4 is 4.90 Å². The predicted octanol–water partition coefficient (Wildman–Crippen LogP) is 3.68. The highest BCUT2D eigenvalue weighted by Gasteiger charge is 2.25. The summed E-state index contributed by atoms with van der Waals surface area (Å²) < 4.78 is 0. The van der Waals surface area contributed by atoms with Gasteiger partial charge in [0.2, 0.25) is 5.91 Å². The number of amides is 1. The highest BCUT2D eigenvalue weighted by Crippen LogP contribution is 2.27. The Bertz CT molecular complexity index is 729. The largest absolute Gasteiger partial charge is 0.314 e. The van der Waals surface area contributed by atoms with Crippen LogP contribution in [0.5, 0.6) is 0 Å². The molecule has 1 aliphatic heterocycles. The maximum atomic E-state index is 12.5. The molecule has 1 unspecified atom stereocenters. The van der Waals surface area contributed by atoms with Gasteiger partial charge in [0.05, 0.1) is 6.54 Å². The quantitative estimate of drug-likeness (QED) is 0.802. The summed E-state index contributed by atoms with van der Waals surface area (Å²) in [7, 11) is 1.84. The Morgan fingerprint density at radius 2 is 1.65 bits per heavy atom. The normalized spacial score (nSPS) is 17.0. The number of carbonyl (C=O) groups is 1. The highest BCUT2D eigenvalue weighted by molar-refractivity contribution is 6.31. The second kappa shape index (κ2) is 8.67. The molecule has 0 aliphatic carbocycles. The van der Waals surface area contributed by atoms with Crippen molar-refractivity contribution in [1.82, 2.24) is 9.80 Å². The fraction of sp³-hybridized carbons (Fsp3) is 0.381. The van der Waals surface area contributed by atoms with E-state index in [4.69, 9.17) is 11.6 Å². The monoisotopic (exact) mass is 371 g/mol. The SMILES string of the molecule is CC(c1ccccc1Cl)N1CCN(CC(=O)N(C)c2ccccc2)CC1. The van der Waals surface area contributed by atoms with Crippen molar-refractivity contribution in [3.8, 4) is 0 Å². The summed E-state index contributed by atoms with van der Waals surface area (Å²) in [6.07, 6.45) is 0. The van der Waals surface area contributed by atoms with Crippen molar-refractivity contribution in [2.24, 2.45) is 0 Å². The van der Waals surface area contributed by atoms with E-state index in [1.165, 1.54) is 5.56 Å². The summed E-state index contributed by atoms with van der Waals surface area (Å²) in [6, 6.07) is 18.1. The van der Waals surface area contributed by atoms with Gasteiger partial charge in [-0.25, -0.2) is 0 Å². The first kappa shape index (κ1) is 18.9. The molecule has 1 heterocycles. The van der Waals surface area contributed by atoms with Gasteiger partial charge >= 0.3 is 0 Å². The van der Waals surface area contributed by atoms with Gasteiger partial charge in [0.25, 0.3) is 0 Å². The van der Waals surface area contributed by atoms with Crippen LogP contribution in [0.3, 0.4) is 0 Å². The van der Waals surface area contributed by atoms with Crippen molar-refractivity contribution < 1.29 is 4.79 Å². The summed E-state index contributed by atoms with van der Waals surface area (Å²) >= 11 is 6.34. The number of halogens is 1. The molecule has 0 spiro atoms. The molecule has 1 atom stereocenters. The average molecular weight is 372 g/mol. The number of carbonyl (C=O) groups excluding carboxylic acids is 1. The number of rotatable bonds is 5. The molecule has 0 bridgehead atoms. The first-order valence-corrected chi connectivity index (χ1v) is 9.46. The first-order chi connectivity index (χ1) is 12.6. The standard InChI is InChI=1S/C21H26ClN3O/c1-17(19-10-6-7-11-20(19)22)25-14-12-24(13-15-25)16-21(26)23(2)18-8-4-3-5-9-18/h3-11,17H,12-16H2,1-2H3. The second-order valence-corrected chi connectivity index (χ2v) is 7.21. The fourth-order valence-corrected chi connectivity index (χ4v) is 3.71. The lowest BCUT2D eigenvalue weighted by Crippen LogP contribution is -2.50. The number of anilines is 1. The van der Waals surface area contributed by atoms with E-state index in [2.05, 4.69) is 22.8 Å². The van der Waals surface area contributed by atoms with Crippen molar-refractivity contribution >= 4 is 23.2 Å². The molecular formula is C21H26ClN3O. The third-order valence-corrected chi connectivity index (χ3v) is 5.53. The number of piperazine rings is 1. The molecule has 0 aromatic heterocycles. The van der Waals surface area contributed by atoms with E-state index in [9.17, 15) is 4.79 Å². The smallest absolute Gasteiger partial charge is 0.240 e. The molecule has 0 saturated carbocycles. The lowest BCUT2D eigenvalue weighted by Gasteiger charge is -2.38. The van der Waals surface area contributed by atoms with E-state index in [1.54, 1.807) is 4.90 Å². The zero-order chi connectivity index (χ0) is 18.5. The van der Waals surface area contributed by atoms with Crippen LogP contribution >= 0.6 is 11.6 Å². The van der Waals surface area contributed by atoms with Gasteiger partial charge in [0.1, 0.15) is 0 Å². The van der Waals surface area contributed by atoms with Crippen LogP contribution in [0, 0.1) is 0 Å². The molecule has 0 radical (unpaired) electrons. The Morgan fingerprint density at radius 1 is 1.04 bits per heavy atom. The van der Waals surface area contributed by atoms with E-state index >= 15 is 0 Å². The number of likely N-dealkylation sites (N-methyl/N-ethyl adjacent to an activating group) is 1. The number of nitrogens with zero attached hydrogens (tertiary/aromatic N) is 3. The van der Waals surface area contributed by atoms with E-state index in [0.717, 1.165) is 36.9 Å². The molecule has 2 aromatic rings. The summed E-state index contributed by atoms with van der Waals surface area (Å²) in [6.45, 7) is 6.32. The number of hydrogen-bond acceptors (Lipinski definition) is 3. The van der Waals surface area contributed by atoms with Gasteiger partial charge in [0.15, 0.2) is 0 Å². The van der Waals surface area contributed by atoms with E-state index in [-0.39, 0.29) is 11.9 Å². The Kier molecular flexibility index (Phi) is 6.30. The summed E-state index contributed by atoms with van der Waals surface area (Å²) in [5.41, 5.74) is 2.10. The third-order valence-electron chi connectivity index (χ3n) is 5.19. The third kappa shape index (κ3) is 4.44. The van der Waals surface area contributed by atoms with E-state index < -0.39 is 0 Å². The minimum atomic E-state index is 0.129. The van der Waals surface area contributed by atoms with Crippen molar-refractivity contribution in [2.45, 2.75) is 13.0 Å². The minimum absolute atomic E-state index is 0.129. The molecule has 4 nitrogen and oxygen atoms in total.